The van der Waals surface area contributed by atoms with E-state index in [1.54, 1.807) is 0 Å². The van der Waals surface area contributed by atoms with Crippen molar-refractivity contribution in [2.45, 2.75) is 37.1 Å². The fraction of sp³-hybridized carbons (Fsp3) is 0.308. The van der Waals surface area contributed by atoms with Gasteiger partial charge in [0.2, 0.25) is 0 Å². The fourth-order valence-electron chi connectivity index (χ4n) is 5.41. The minimum absolute atomic E-state index is 0.132. The van der Waals surface area contributed by atoms with Crippen molar-refractivity contribution in [3.8, 4) is 0 Å². The molecule has 1 saturated heterocycles. The van der Waals surface area contributed by atoms with E-state index in [4.69, 9.17) is 11.6 Å². The van der Waals surface area contributed by atoms with Crippen molar-refractivity contribution in [3.63, 3.8) is 0 Å². The highest BCUT2D eigenvalue weighted by molar-refractivity contribution is 6.30. The van der Waals surface area contributed by atoms with Gasteiger partial charge >= 0.3 is 0 Å². The van der Waals surface area contributed by atoms with E-state index >= 15 is 0 Å². The summed E-state index contributed by atoms with van der Waals surface area (Å²) in [5.74, 6) is 0. The van der Waals surface area contributed by atoms with Crippen LogP contribution in [0.15, 0.2) is 78.9 Å². The molecule has 0 aromatic heterocycles. The molecule has 0 spiro atoms. The molecule has 142 valence electrons. The molecule has 3 aromatic carbocycles. The van der Waals surface area contributed by atoms with Gasteiger partial charge in [0.15, 0.2) is 0 Å². The molecule has 3 aromatic rings. The van der Waals surface area contributed by atoms with Crippen molar-refractivity contribution < 1.29 is 0 Å². The van der Waals surface area contributed by atoms with E-state index in [1.165, 1.54) is 41.5 Å². The Balaban J connectivity index is 1.46. The first kappa shape index (κ1) is 18.0. The maximum absolute atomic E-state index is 6.20. The summed E-state index contributed by atoms with van der Waals surface area (Å²) in [6, 6.07) is 29.2. The van der Waals surface area contributed by atoms with Gasteiger partial charge in [0.25, 0.3) is 0 Å². The van der Waals surface area contributed by atoms with E-state index in [9.17, 15) is 0 Å². The maximum Gasteiger partial charge on any atom is 0.0406 e. The number of likely N-dealkylation sites (tertiary alicyclic amines) is 1. The van der Waals surface area contributed by atoms with Crippen molar-refractivity contribution in [2.24, 2.45) is 0 Å². The average Bonchev–Trinajstić information content (AvgIpc) is 2.74. The van der Waals surface area contributed by atoms with Crippen LogP contribution in [-0.2, 0) is 18.3 Å². The first-order valence-corrected chi connectivity index (χ1v) is 10.7. The molecule has 2 bridgehead atoms. The molecule has 2 atom stereocenters. The van der Waals surface area contributed by atoms with Crippen LogP contribution in [0.3, 0.4) is 0 Å². The molecule has 0 amide bonds. The summed E-state index contributed by atoms with van der Waals surface area (Å²) in [6.45, 7) is 2.31. The predicted octanol–water partition coefficient (Wildman–Crippen LogP) is 5.89. The van der Waals surface area contributed by atoms with Crippen LogP contribution in [-0.4, -0.2) is 24.0 Å². The lowest BCUT2D eigenvalue weighted by Gasteiger charge is -2.52. The molecule has 1 aliphatic carbocycles. The Bertz CT molecular complexity index is 950. The van der Waals surface area contributed by atoms with E-state index in [0.29, 0.717) is 6.04 Å². The van der Waals surface area contributed by atoms with Crippen LogP contribution in [0.25, 0.3) is 0 Å². The number of rotatable bonds is 4. The summed E-state index contributed by atoms with van der Waals surface area (Å²) >= 11 is 6.20. The third kappa shape index (κ3) is 3.17. The second kappa shape index (κ2) is 7.39. The number of halogens is 1. The van der Waals surface area contributed by atoms with Gasteiger partial charge in [-0.1, -0.05) is 78.3 Å². The zero-order valence-electron chi connectivity index (χ0n) is 16.2. The zero-order chi connectivity index (χ0) is 19.0. The Morgan fingerprint density at radius 1 is 0.893 bits per heavy atom. The van der Waals surface area contributed by atoms with Crippen LogP contribution in [0.5, 0.6) is 0 Å². The number of nitrogens with zero attached hydrogens (tertiary/aromatic N) is 1. The van der Waals surface area contributed by atoms with Gasteiger partial charge in [-0.05, 0) is 66.6 Å². The van der Waals surface area contributed by atoms with Crippen molar-refractivity contribution in [1.29, 1.82) is 0 Å². The minimum atomic E-state index is 0.132. The molecule has 0 radical (unpaired) electrons. The molecule has 2 heteroatoms. The van der Waals surface area contributed by atoms with E-state index in [1.807, 2.05) is 0 Å². The smallest absolute Gasteiger partial charge is 0.0406 e. The third-order valence-corrected chi connectivity index (χ3v) is 7.09. The molecule has 1 nitrogen and oxygen atoms in total. The highest BCUT2D eigenvalue weighted by atomic mass is 35.5. The highest BCUT2D eigenvalue weighted by Crippen LogP contribution is 2.49. The van der Waals surface area contributed by atoms with Crippen LogP contribution >= 0.6 is 11.6 Å². The molecule has 1 aliphatic heterocycles. The third-order valence-electron chi connectivity index (χ3n) is 6.84. The van der Waals surface area contributed by atoms with Gasteiger partial charge in [0.1, 0.15) is 0 Å². The normalized spacial score (nSPS) is 24.0. The predicted molar refractivity (Wildman–Crippen MR) is 117 cm³/mol. The summed E-state index contributed by atoms with van der Waals surface area (Å²) < 4.78 is 0. The highest BCUT2D eigenvalue weighted by Gasteiger charge is 2.46. The summed E-state index contributed by atoms with van der Waals surface area (Å²) in [6.07, 6.45) is 4.69. The summed E-state index contributed by atoms with van der Waals surface area (Å²) in [5, 5.41) is 0.820. The van der Waals surface area contributed by atoms with E-state index in [-0.39, 0.29) is 5.41 Å². The van der Waals surface area contributed by atoms with Crippen LogP contribution in [0.1, 0.15) is 35.1 Å². The van der Waals surface area contributed by atoms with E-state index in [2.05, 4.69) is 83.8 Å². The minimum Gasteiger partial charge on any atom is -0.300 e. The van der Waals surface area contributed by atoms with Crippen molar-refractivity contribution in [1.82, 2.24) is 4.90 Å². The Hall–Kier alpha value is -2.09. The van der Waals surface area contributed by atoms with Crippen molar-refractivity contribution in [3.05, 3.63) is 106 Å². The second-order valence-corrected chi connectivity index (χ2v) is 8.77. The Morgan fingerprint density at radius 3 is 2.46 bits per heavy atom. The summed E-state index contributed by atoms with van der Waals surface area (Å²) in [7, 11) is 0. The first-order chi connectivity index (χ1) is 13.7. The Morgan fingerprint density at radius 2 is 1.64 bits per heavy atom. The number of fused-ring (bicyclic) bond motifs is 4. The fourth-order valence-corrected chi connectivity index (χ4v) is 5.54. The quantitative estimate of drug-likeness (QED) is 0.539. The molecule has 28 heavy (non-hydrogen) atoms. The molecular formula is C26H26ClN. The van der Waals surface area contributed by atoms with Crippen LogP contribution in [0, 0.1) is 0 Å². The molecule has 5 rings (SSSR count). The van der Waals surface area contributed by atoms with Gasteiger partial charge in [-0.3, -0.25) is 4.90 Å². The van der Waals surface area contributed by atoms with Gasteiger partial charge in [-0.25, -0.2) is 0 Å². The largest absolute Gasteiger partial charge is 0.300 e. The molecule has 0 N–H and O–H groups in total. The number of benzene rings is 3. The average molecular weight is 388 g/mol. The lowest BCUT2D eigenvalue weighted by atomic mass is 9.60. The molecule has 2 unspecified atom stereocenters. The van der Waals surface area contributed by atoms with E-state index < -0.39 is 0 Å². The van der Waals surface area contributed by atoms with Gasteiger partial charge in [-0.15, -0.1) is 0 Å². The Kier molecular flexibility index (Phi) is 4.74. The van der Waals surface area contributed by atoms with Crippen molar-refractivity contribution >= 4 is 11.6 Å². The lowest BCUT2D eigenvalue weighted by Crippen LogP contribution is -2.54. The molecule has 0 saturated carbocycles. The summed E-state index contributed by atoms with van der Waals surface area (Å²) in [4.78, 5) is 2.73. The standard InChI is InChI=1S/C26H26ClN/c27-23-12-10-22(11-13-23)26-15-17-28(16-14-20-6-2-1-3-7-20)24(19-26)18-21-8-4-5-9-25(21)26/h1-13,24H,14-19H2. The van der Waals surface area contributed by atoms with Gasteiger partial charge in [0, 0.05) is 23.0 Å². The lowest BCUT2D eigenvalue weighted by molar-refractivity contribution is 0.0971. The van der Waals surface area contributed by atoms with Gasteiger partial charge in [0.05, 0.1) is 0 Å². The number of hydrogen-bond acceptors (Lipinski definition) is 1. The first-order valence-electron chi connectivity index (χ1n) is 10.4. The number of piperidine rings is 1. The van der Waals surface area contributed by atoms with E-state index in [0.717, 1.165) is 24.5 Å². The van der Waals surface area contributed by atoms with Crippen LogP contribution in [0.4, 0.5) is 0 Å². The van der Waals surface area contributed by atoms with Crippen LogP contribution in [0.2, 0.25) is 5.02 Å². The molecule has 1 heterocycles. The SMILES string of the molecule is Clc1ccc(C23CCN(CCc4ccccc4)C(Cc4ccccc42)C3)cc1. The van der Waals surface area contributed by atoms with Crippen LogP contribution < -0.4 is 0 Å². The number of hydrogen-bond donors (Lipinski definition) is 0. The molecule has 2 aliphatic rings. The second-order valence-electron chi connectivity index (χ2n) is 8.33. The summed E-state index contributed by atoms with van der Waals surface area (Å²) in [5.41, 5.74) is 6.06. The maximum atomic E-state index is 6.20. The monoisotopic (exact) mass is 387 g/mol. The van der Waals surface area contributed by atoms with Gasteiger partial charge in [-0.2, -0.15) is 0 Å². The van der Waals surface area contributed by atoms with Gasteiger partial charge < -0.3 is 0 Å². The topological polar surface area (TPSA) is 3.24 Å². The molecule has 1 fully saturated rings. The Labute approximate surface area is 173 Å². The molecular weight excluding hydrogens is 362 g/mol. The zero-order valence-corrected chi connectivity index (χ0v) is 16.9. The van der Waals surface area contributed by atoms with Crippen molar-refractivity contribution in [2.75, 3.05) is 13.1 Å².